The van der Waals surface area contributed by atoms with Crippen LogP contribution in [0.4, 0.5) is 5.69 Å². The Morgan fingerprint density at radius 3 is 2.40 bits per heavy atom. The number of aryl methyl sites for hydroxylation is 1. The smallest absolute Gasteiger partial charge is 0.264 e. The van der Waals surface area contributed by atoms with Crippen LogP contribution in [-0.4, -0.2) is 52.8 Å². The molecule has 3 rings (SSSR count). The number of nitrogens with one attached hydrogen (secondary N) is 1. The van der Waals surface area contributed by atoms with E-state index in [9.17, 15) is 14.4 Å². The molecule has 116 valence electrons. The van der Waals surface area contributed by atoms with Crippen molar-refractivity contribution in [2.24, 2.45) is 0 Å². The molecule has 1 saturated heterocycles. The van der Waals surface area contributed by atoms with E-state index in [1.54, 1.807) is 0 Å². The molecular weight excluding hydrogens is 315 g/mol. The van der Waals surface area contributed by atoms with E-state index in [1.807, 2.05) is 0 Å². The van der Waals surface area contributed by atoms with Crippen LogP contribution in [0.5, 0.6) is 0 Å². The fourth-order valence-electron chi connectivity index (χ4n) is 3.05. The molecule has 8 radical (unpaired) electrons. The summed E-state index contributed by atoms with van der Waals surface area (Å²) in [4.78, 5) is 41.0. The molecule has 0 bridgehead atoms. The number of carbonyl (C=O) groups excluding carboxylic acids is 2. The Morgan fingerprint density at radius 2 is 1.80 bits per heavy atom. The highest BCUT2D eigenvalue weighted by Crippen LogP contribution is 2.28. The number of nitrogens with zero attached hydrogens (tertiary/aromatic N) is 2. The summed E-state index contributed by atoms with van der Waals surface area (Å²) < 4.78 is 1.10. The number of anilines is 1. The Labute approximate surface area is 148 Å². The van der Waals surface area contributed by atoms with E-state index in [2.05, 4.69) is 10.3 Å². The highest BCUT2D eigenvalue weighted by Gasteiger charge is 2.36. The van der Waals surface area contributed by atoms with E-state index in [4.69, 9.17) is 37.1 Å². The molecule has 3 N–H and O–H groups in total. The van der Waals surface area contributed by atoms with Gasteiger partial charge in [0.1, 0.15) is 35.4 Å². The van der Waals surface area contributed by atoms with Crippen molar-refractivity contribution >= 4 is 76.2 Å². The third-order valence-corrected chi connectivity index (χ3v) is 4.32. The number of carbonyl (C=O) groups is 2. The SMILES string of the molecule is [B]c1c([B])c(N)c2c(=O)n(C3C(=O)NC(=O)CC3[B])c(C)nc2c1[B]. The molecule has 7 nitrogen and oxygen atoms in total. The van der Waals surface area contributed by atoms with Gasteiger partial charge in [-0.25, -0.2) is 4.98 Å². The van der Waals surface area contributed by atoms with Crippen molar-refractivity contribution in [2.45, 2.75) is 25.2 Å². The number of nitrogens with two attached hydrogens (primary N) is 1. The fraction of sp³-hybridized carbons (Fsp3) is 0.286. The van der Waals surface area contributed by atoms with Gasteiger partial charge in [0.05, 0.1) is 18.7 Å². The maximum absolute atomic E-state index is 13.0. The summed E-state index contributed by atoms with van der Waals surface area (Å²) in [5.41, 5.74) is 5.35. The van der Waals surface area contributed by atoms with Crippen LogP contribution < -0.4 is 33.0 Å². The van der Waals surface area contributed by atoms with Crippen molar-refractivity contribution in [3.05, 3.63) is 16.2 Å². The van der Waals surface area contributed by atoms with Crippen LogP contribution >= 0.6 is 0 Å². The van der Waals surface area contributed by atoms with Crippen LogP contribution in [0.1, 0.15) is 18.3 Å². The molecule has 2 amide bonds. The van der Waals surface area contributed by atoms with Gasteiger partial charge in [-0.3, -0.25) is 24.3 Å². The quantitative estimate of drug-likeness (QED) is 0.318. The Kier molecular flexibility index (Phi) is 4.05. The van der Waals surface area contributed by atoms with Gasteiger partial charge in [0.2, 0.25) is 11.8 Å². The minimum absolute atomic E-state index is 0.0293. The third kappa shape index (κ3) is 2.49. The highest BCUT2D eigenvalue weighted by atomic mass is 16.2. The van der Waals surface area contributed by atoms with Crippen LogP contribution in [0, 0.1) is 6.92 Å². The lowest BCUT2D eigenvalue weighted by molar-refractivity contribution is -0.135. The molecule has 1 fully saturated rings. The molecule has 11 heteroatoms. The largest absolute Gasteiger partial charge is 0.399 e. The van der Waals surface area contributed by atoms with E-state index >= 15 is 0 Å². The second-order valence-electron chi connectivity index (χ2n) is 5.94. The number of amides is 2. The lowest BCUT2D eigenvalue weighted by atomic mass is 9.70. The lowest BCUT2D eigenvalue weighted by Gasteiger charge is -2.30. The van der Waals surface area contributed by atoms with Crippen molar-refractivity contribution in [3.8, 4) is 0 Å². The standard InChI is InChI=1S/C14H10B4N4O3/c1-3-20-11-6(10(19)8(17)7(16)9(11)18)14(25)22(3)12-4(15)2-5(23)21-13(12)24/h4,12H,2,19H2,1H3,(H,21,23,24). The molecule has 1 aliphatic heterocycles. The number of rotatable bonds is 1. The number of hydrogen-bond acceptors (Lipinski definition) is 5. The first-order valence-electron chi connectivity index (χ1n) is 7.39. The molecule has 0 aliphatic carbocycles. The minimum atomic E-state index is -1.11. The molecule has 2 aromatic rings. The average Bonchev–Trinajstić information content (AvgIpc) is 2.52. The summed E-state index contributed by atoms with van der Waals surface area (Å²) in [7, 11) is 23.4. The summed E-state index contributed by atoms with van der Waals surface area (Å²) in [5.74, 6) is -1.90. The molecule has 2 unspecified atom stereocenters. The summed E-state index contributed by atoms with van der Waals surface area (Å²) in [5, 5.41) is 2.11. The van der Waals surface area contributed by atoms with E-state index in [0.717, 1.165) is 4.57 Å². The number of imide groups is 1. The second kappa shape index (κ2) is 5.82. The summed E-state index contributed by atoms with van der Waals surface area (Å²) in [6, 6.07) is -1.11. The van der Waals surface area contributed by atoms with Gasteiger partial charge < -0.3 is 5.73 Å². The predicted octanol–water partition coefficient (Wildman–Crippen LogP) is -3.79. The topological polar surface area (TPSA) is 107 Å². The number of piperidine rings is 1. The van der Waals surface area contributed by atoms with Crippen LogP contribution in [-0.2, 0) is 9.59 Å². The first kappa shape index (κ1) is 17.4. The molecule has 0 spiro atoms. The minimum Gasteiger partial charge on any atom is -0.399 e. The Hall–Kier alpha value is -2.44. The van der Waals surface area contributed by atoms with Crippen molar-refractivity contribution in [2.75, 3.05) is 5.73 Å². The van der Waals surface area contributed by atoms with E-state index < -0.39 is 29.2 Å². The number of nitrogen functional groups attached to an aromatic ring is 1. The summed E-state index contributed by atoms with van der Waals surface area (Å²) in [6.45, 7) is 1.51. The summed E-state index contributed by atoms with van der Waals surface area (Å²) in [6.07, 6.45) is -0.109. The van der Waals surface area contributed by atoms with Crippen molar-refractivity contribution in [1.29, 1.82) is 0 Å². The van der Waals surface area contributed by atoms with Gasteiger partial charge in [0.25, 0.3) is 5.56 Å². The predicted molar refractivity (Wildman–Crippen MR) is 97.6 cm³/mol. The van der Waals surface area contributed by atoms with Crippen molar-refractivity contribution in [1.82, 2.24) is 14.9 Å². The molecular formula is C14H10B4N4O3. The zero-order valence-electron chi connectivity index (χ0n) is 13.4. The maximum atomic E-state index is 13.0. The normalized spacial score (nSPS) is 20.7. The maximum Gasteiger partial charge on any atom is 0.264 e. The number of hydrogen-bond donors (Lipinski definition) is 2. The van der Waals surface area contributed by atoms with Crippen LogP contribution in [0.15, 0.2) is 4.79 Å². The van der Waals surface area contributed by atoms with Crippen LogP contribution in [0.2, 0.25) is 5.82 Å². The van der Waals surface area contributed by atoms with Crippen LogP contribution in [0.3, 0.4) is 0 Å². The van der Waals surface area contributed by atoms with Gasteiger partial charge in [0.15, 0.2) is 0 Å². The van der Waals surface area contributed by atoms with Crippen molar-refractivity contribution < 1.29 is 9.59 Å². The van der Waals surface area contributed by atoms with Gasteiger partial charge in [-0.2, -0.15) is 0 Å². The van der Waals surface area contributed by atoms with Gasteiger partial charge in [-0.1, -0.05) is 10.9 Å². The van der Waals surface area contributed by atoms with Gasteiger partial charge in [0, 0.05) is 12.1 Å². The molecule has 2 atom stereocenters. The zero-order chi connectivity index (χ0) is 18.6. The Bertz CT molecular complexity index is 1000. The second-order valence-corrected chi connectivity index (χ2v) is 5.94. The average molecular weight is 326 g/mol. The molecule has 1 aromatic heterocycles. The molecule has 1 aromatic carbocycles. The number of fused-ring (bicyclic) bond motifs is 1. The lowest BCUT2D eigenvalue weighted by Crippen LogP contribution is -2.49. The third-order valence-electron chi connectivity index (χ3n) is 4.32. The van der Waals surface area contributed by atoms with Gasteiger partial charge in [-0.15, -0.1) is 5.46 Å². The molecule has 0 saturated carbocycles. The van der Waals surface area contributed by atoms with Gasteiger partial charge >= 0.3 is 0 Å². The summed E-state index contributed by atoms with van der Waals surface area (Å²) >= 11 is 0. The number of aromatic nitrogens is 2. The zero-order valence-corrected chi connectivity index (χ0v) is 13.4. The number of benzene rings is 1. The van der Waals surface area contributed by atoms with E-state index in [0.29, 0.717) is 0 Å². The Balaban J connectivity index is 2.37. The molecule has 25 heavy (non-hydrogen) atoms. The Morgan fingerprint density at radius 1 is 1.16 bits per heavy atom. The van der Waals surface area contributed by atoms with Crippen LogP contribution in [0.25, 0.3) is 10.9 Å². The van der Waals surface area contributed by atoms with Gasteiger partial charge in [-0.05, 0) is 12.7 Å². The molecule has 1 aliphatic rings. The highest BCUT2D eigenvalue weighted by molar-refractivity contribution is 6.61. The molecule has 2 heterocycles. The monoisotopic (exact) mass is 326 g/mol. The first-order chi connectivity index (χ1) is 11.6. The van der Waals surface area contributed by atoms with E-state index in [1.165, 1.54) is 6.92 Å². The van der Waals surface area contributed by atoms with E-state index in [-0.39, 0.29) is 45.2 Å². The first-order valence-corrected chi connectivity index (χ1v) is 7.39. The fourth-order valence-corrected chi connectivity index (χ4v) is 3.05. The van der Waals surface area contributed by atoms with Crippen molar-refractivity contribution in [3.63, 3.8) is 0 Å².